The highest BCUT2D eigenvalue weighted by molar-refractivity contribution is 9.11. The van der Waals surface area contributed by atoms with Crippen LogP contribution in [0, 0.1) is 0 Å². The summed E-state index contributed by atoms with van der Waals surface area (Å²) in [5, 5.41) is 2.63. The number of hydrogen-bond acceptors (Lipinski definition) is 3. The zero-order valence-electron chi connectivity index (χ0n) is 8.70. The van der Waals surface area contributed by atoms with E-state index in [9.17, 15) is 4.79 Å². The number of anilines is 1. The number of nitrogens with two attached hydrogens (primary N) is 1. The average molecular weight is 285 g/mol. The Balaban J connectivity index is 2.34. The van der Waals surface area contributed by atoms with Gasteiger partial charge in [-0.1, -0.05) is 28.6 Å². The van der Waals surface area contributed by atoms with Gasteiger partial charge in [0, 0.05) is 22.8 Å². The Morgan fingerprint density at radius 2 is 2.31 bits per heavy atom. The first-order valence-electron chi connectivity index (χ1n) is 4.66. The molecule has 1 aromatic rings. The molecule has 86 valence electrons. The molecule has 1 amide bonds. The van der Waals surface area contributed by atoms with Crippen molar-refractivity contribution < 1.29 is 9.53 Å². The average Bonchev–Trinajstić information content (AvgIpc) is 2.23. The first kappa shape index (κ1) is 12.6. The molecule has 0 aromatic heterocycles. The summed E-state index contributed by atoms with van der Waals surface area (Å²) >= 11 is 3.14. The number of hydrogen-bond donors (Lipinski definition) is 2. The van der Waals surface area contributed by atoms with Gasteiger partial charge in [0.2, 0.25) is 0 Å². The molecule has 3 N–H and O–H groups in total. The molecule has 0 radical (unpaired) electrons. The normalized spacial score (nSPS) is 9.56. The summed E-state index contributed by atoms with van der Waals surface area (Å²) in [6, 6.07) is 6.93. The van der Waals surface area contributed by atoms with Crippen molar-refractivity contribution in [2.24, 2.45) is 0 Å². The summed E-state index contributed by atoms with van der Waals surface area (Å²) in [4.78, 5) is 11.3. The van der Waals surface area contributed by atoms with Crippen molar-refractivity contribution in [2.45, 2.75) is 0 Å². The molecule has 0 heterocycles. The Labute approximate surface area is 103 Å². The molecular formula is C11H13BrN2O2. The number of carbonyl (C=O) groups excluding carboxylic acids is 1. The van der Waals surface area contributed by atoms with Crippen LogP contribution in [0.1, 0.15) is 0 Å². The van der Waals surface area contributed by atoms with Crippen LogP contribution in [0.4, 0.5) is 5.69 Å². The lowest BCUT2D eigenvalue weighted by molar-refractivity contribution is -0.122. The molecule has 0 spiro atoms. The molecule has 0 aliphatic rings. The fourth-order valence-corrected chi connectivity index (χ4v) is 1.14. The van der Waals surface area contributed by atoms with E-state index in [4.69, 9.17) is 10.5 Å². The van der Waals surface area contributed by atoms with E-state index in [0.717, 1.165) is 0 Å². The fourth-order valence-electron chi connectivity index (χ4n) is 0.999. The molecule has 0 saturated carbocycles. The number of nitrogen functional groups attached to an aromatic ring is 1. The topological polar surface area (TPSA) is 64.3 Å². The van der Waals surface area contributed by atoms with Gasteiger partial charge in [0.25, 0.3) is 5.91 Å². The minimum atomic E-state index is -0.206. The first-order valence-corrected chi connectivity index (χ1v) is 5.45. The van der Waals surface area contributed by atoms with Crippen LogP contribution >= 0.6 is 15.9 Å². The van der Waals surface area contributed by atoms with E-state index in [1.807, 2.05) is 0 Å². The molecule has 0 saturated heterocycles. The number of rotatable bonds is 5. The molecule has 0 aliphatic heterocycles. The third-order valence-corrected chi connectivity index (χ3v) is 1.99. The zero-order valence-corrected chi connectivity index (χ0v) is 10.3. The van der Waals surface area contributed by atoms with Crippen molar-refractivity contribution in [1.29, 1.82) is 0 Å². The quantitative estimate of drug-likeness (QED) is 0.809. The largest absolute Gasteiger partial charge is 0.484 e. The van der Waals surface area contributed by atoms with E-state index in [1.54, 1.807) is 24.3 Å². The molecule has 0 aliphatic carbocycles. The Morgan fingerprint density at radius 3 is 2.94 bits per heavy atom. The highest BCUT2D eigenvalue weighted by Gasteiger charge is 2.02. The minimum Gasteiger partial charge on any atom is -0.484 e. The SMILES string of the molecule is C=C(Br)CNC(=O)COc1cccc(N)c1. The molecular weight excluding hydrogens is 272 g/mol. The first-order chi connectivity index (χ1) is 7.58. The summed E-state index contributed by atoms with van der Waals surface area (Å²) < 4.78 is 5.96. The number of nitrogens with one attached hydrogen (secondary N) is 1. The van der Waals surface area contributed by atoms with Gasteiger partial charge in [-0.3, -0.25) is 4.79 Å². The molecule has 0 unspecified atom stereocenters. The van der Waals surface area contributed by atoms with Gasteiger partial charge in [-0.25, -0.2) is 0 Å². The molecule has 1 rings (SSSR count). The van der Waals surface area contributed by atoms with Crippen LogP contribution in [-0.2, 0) is 4.79 Å². The monoisotopic (exact) mass is 284 g/mol. The summed E-state index contributed by atoms with van der Waals surface area (Å²) in [6.07, 6.45) is 0. The highest BCUT2D eigenvalue weighted by Crippen LogP contribution is 2.13. The molecule has 1 aromatic carbocycles. The van der Waals surface area contributed by atoms with Crippen molar-refractivity contribution in [1.82, 2.24) is 5.32 Å². The van der Waals surface area contributed by atoms with Crippen LogP contribution in [0.5, 0.6) is 5.75 Å². The van der Waals surface area contributed by atoms with Gasteiger partial charge in [-0.2, -0.15) is 0 Å². The van der Waals surface area contributed by atoms with E-state index >= 15 is 0 Å². The molecule has 16 heavy (non-hydrogen) atoms. The molecule has 0 atom stereocenters. The van der Waals surface area contributed by atoms with Gasteiger partial charge in [-0.15, -0.1) is 0 Å². The molecule has 5 heteroatoms. The number of carbonyl (C=O) groups is 1. The van der Waals surface area contributed by atoms with E-state index in [0.29, 0.717) is 22.5 Å². The standard InChI is InChI=1S/C11H13BrN2O2/c1-8(12)6-14-11(15)7-16-10-4-2-3-9(13)5-10/h2-5H,1,6-7,13H2,(H,14,15). The van der Waals surface area contributed by atoms with Gasteiger partial charge < -0.3 is 15.8 Å². The van der Waals surface area contributed by atoms with E-state index < -0.39 is 0 Å². The second-order valence-electron chi connectivity index (χ2n) is 3.16. The van der Waals surface area contributed by atoms with E-state index in [2.05, 4.69) is 27.8 Å². The van der Waals surface area contributed by atoms with Gasteiger partial charge in [-0.05, 0) is 12.1 Å². The maximum absolute atomic E-state index is 11.3. The lowest BCUT2D eigenvalue weighted by Crippen LogP contribution is -2.29. The minimum absolute atomic E-state index is 0.0380. The van der Waals surface area contributed by atoms with Crippen LogP contribution in [0.25, 0.3) is 0 Å². The van der Waals surface area contributed by atoms with Crippen LogP contribution in [0.15, 0.2) is 35.3 Å². The Hall–Kier alpha value is -1.49. The molecule has 4 nitrogen and oxygen atoms in total. The maximum atomic E-state index is 11.3. The smallest absolute Gasteiger partial charge is 0.258 e. The van der Waals surface area contributed by atoms with Crippen molar-refractivity contribution >= 4 is 27.5 Å². The Morgan fingerprint density at radius 1 is 1.56 bits per heavy atom. The van der Waals surface area contributed by atoms with Crippen LogP contribution in [0.2, 0.25) is 0 Å². The summed E-state index contributed by atoms with van der Waals surface area (Å²) in [7, 11) is 0. The second-order valence-corrected chi connectivity index (χ2v) is 4.28. The van der Waals surface area contributed by atoms with Gasteiger partial charge in [0.15, 0.2) is 6.61 Å². The predicted molar refractivity (Wildman–Crippen MR) is 67.4 cm³/mol. The fraction of sp³-hybridized carbons (Fsp3) is 0.182. The number of halogens is 1. The Bertz CT molecular complexity index is 393. The Kier molecular flexibility index (Phi) is 4.85. The lowest BCUT2D eigenvalue weighted by atomic mass is 10.3. The van der Waals surface area contributed by atoms with Gasteiger partial charge in [0.1, 0.15) is 5.75 Å². The van der Waals surface area contributed by atoms with Crippen LogP contribution in [0.3, 0.4) is 0 Å². The summed E-state index contributed by atoms with van der Waals surface area (Å²) in [5.41, 5.74) is 6.17. The van der Waals surface area contributed by atoms with Crippen molar-refractivity contribution in [3.63, 3.8) is 0 Å². The van der Waals surface area contributed by atoms with Crippen molar-refractivity contribution in [3.8, 4) is 5.75 Å². The maximum Gasteiger partial charge on any atom is 0.258 e. The predicted octanol–water partition coefficient (Wildman–Crippen LogP) is 1.67. The van der Waals surface area contributed by atoms with E-state index in [1.165, 1.54) is 0 Å². The lowest BCUT2D eigenvalue weighted by Gasteiger charge is -2.07. The molecule has 0 fully saturated rings. The van der Waals surface area contributed by atoms with Gasteiger partial charge in [0.05, 0.1) is 0 Å². The molecule has 0 bridgehead atoms. The zero-order chi connectivity index (χ0) is 12.0. The third kappa shape index (κ3) is 4.84. The van der Waals surface area contributed by atoms with Crippen LogP contribution < -0.4 is 15.8 Å². The second kappa shape index (κ2) is 6.17. The van der Waals surface area contributed by atoms with E-state index in [-0.39, 0.29) is 12.5 Å². The summed E-state index contributed by atoms with van der Waals surface area (Å²) in [6.45, 7) is 3.95. The summed E-state index contributed by atoms with van der Waals surface area (Å²) in [5.74, 6) is 0.371. The van der Waals surface area contributed by atoms with Gasteiger partial charge >= 0.3 is 0 Å². The number of amides is 1. The number of ether oxygens (including phenoxy) is 1. The third-order valence-electron chi connectivity index (χ3n) is 1.71. The highest BCUT2D eigenvalue weighted by atomic mass is 79.9. The van der Waals surface area contributed by atoms with Crippen molar-refractivity contribution in [3.05, 3.63) is 35.3 Å². The van der Waals surface area contributed by atoms with Crippen molar-refractivity contribution in [2.75, 3.05) is 18.9 Å². The van der Waals surface area contributed by atoms with Crippen LogP contribution in [-0.4, -0.2) is 19.1 Å². The number of benzene rings is 1.